The lowest BCUT2D eigenvalue weighted by Gasteiger charge is -2.24. The minimum absolute atomic E-state index is 0.100. The molecule has 0 aliphatic carbocycles. The number of aromatic nitrogens is 1. The molecular weight excluding hydrogens is 350 g/mol. The van der Waals surface area contributed by atoms with Crippen LogP contribution >= 0.6 is 11.3 Å². The lowest BCUT2D eigenvalue weighted by Crippen LogP contribution is -2.45. The Kier molecular flexibility index (Phi) is 6.71. The van der Waals surface area contributed by atoms with Gasteiger partial charge in [-0.1, -0.05) is 12.1 Å². The van der Waals surface area contributed by atoms with Crippen LogP contribution in [0.15, 0.2) is 24.3 Å². The molecule has 7 heteroatoms. The van der Waals surface area contributed by atoms with E-state index in [1.165, 1.54) is 11.3 Å². The average Bonchev–Trinajstić information content (AvgIpc) is 3.11. The summed E-state index contributed by atoms with van der Waals surface area (Å²) in [5, 5.41) is 3.39. The van der Waals surface area contributed by atoms with Gasteiger partial charge in [0.25, 0.3) is 0 Å². The van der Waals surface area contributed by atoms with E-state index in [0.29, 0.717) is 31.2 Å². The summed E-state index contributed by atoms with van der Waals surface area (Å²) in [4.78, 5) is 30.0. The van der Waals surface area contributed by atoms with Gasteiger partial charge in [0.15, 0.2) is 5.01 Å². The molecule has 2 aromatic rings. The second-order valence-corrected chi connectivity index (χ2v) is 7.64. The number of nitrogens with two attached hydrogens (primary N) is 1. The summed E-state index contributed by atoms with van der Waals surface area (Å²) in [7, 11) is 0. The maximum Gasteiger partial charge on any atom is 0.226 e. The van der Waals surface area contributed by atoms with Crippen molar-refractivity contribution in [3.8, 4) is 0 Å². The number of hydrogen-bond donors (Lipinski definition) is 2. The van der Waals surface area contributed by atoms with Gasteiger partial charge in [0.05, 0.1) is 28.8 Å². The van der Waals surface area contributed by atoms with Crippen molar-refractivity contribution in [2.24, 2.45) is 11.7 Å². The summed E-state index contributed by atoms with van der Waals surface area (Å²) in [6.45, 7) is 1.71. The maximum atomic E-state index is 13.0. The molecule has 0 bridgehead atoms. The molecule has 2 heterocycles. The number of carbonyl (C=O) groups excluding carboxylic acids is 2. The van der Waals surface area contributed by atoms with E-state index in [1.807, 2.05) is 24.3 Å². The number of benzene rings is 1. The van der Waals surface area contributed by atoms with Gasteiger partial charge in [0, 0.05) is 6.61 Å². The van der Waals surface area contributed by atoms with Crippen molar-refractivity contribution in [3.05, 3.63) is 29.3 Å². The predicted molar refractivity (Wildman–Crippen MR) is 102 cm³/mol. The molecule has 26 heavy (non-hydrogen) atoms. The Morgan fingerprint density at radius 2 is 2.19 bits per heavy atom. The van der Waals surface area contributed by atoms with Crippen molar-refractivity contribution in [2.45, 2.75) is 38.1 Å². The summed E-state index contributed by atoms with van der Waals surface area (Å²) in [6.07, 6.45) is 3.87. The van der Waals surface area contributed by atoms with Gasteiger partial charge in [-0.15, -0.1) is 11.3 Å². The third-order valence-electron chi connectivity index (χ3n) is 4.62. The van der Waals surface area contributed by atoms with Crippen LogP contribution in [-0.4, -0.2) is 42.5 Å². The number of ketones is 1. The zero-order valence-corrected chi connectivity index (χ0v) is 15.6. The fourth-order valence-electron chi connectivity index (χ4n) is 3.13. The summed E-state index contributed by atoms with van der Waals surface area (Å²) in [5.74, 6) is -0.394. The Bertz CT molecular complexity index is 722. The molecule has 140 valence electrons. The molecule has 0 unspecified atom stereocenters. The van der Waals surface area contributed by atoms with E-state index in [4.69, 9.17) is 10.5 Å². The van der Waals surface area contributed by atoms with Crippen LogP contribution in [0.25, 0.3) is 10.2 Å². The molecule has 1 aromatic heterocycles. The van der Waals surface area contributed by atoms with Crippen molar-refractivity contribution in [3.63, 3.8) is 0 Å². The van der Waals surface area contributed by atoms with Crippen molar-refractivity contribution < 1.29 is 14.3 Å². The minimum Gasteiger partial charge on any atom is -0.381 e. The van der Waals surface area contributed by atoms with Gasteiger partial charge in [-0.05, 0) is 50.8 Å². The van der Waals surface area contributed by atoms with Crippen LogP contribution in [0, 0.1) is 5.92 Å². The number of carbonyl (C=O) groups is 2. The monoisotopic (exact) mass is 375 g/mol. The Balaban J connectivity index is 1.73. The highest BCUT2D eigenvalue weighted by atomic mass is 32.1. The SMILES string of the molecule is NCCCC[C@H](NC(=O)[C@H]1CCCOC1)C(=O)c1nc2ccccc2s1. The van der Waals surface area contributed by atoms with Gasteiger partial charge in [0.2, 0.25) is 11.7 Å². The fraction of sp³-hybridized carbons (Fsp3) is 0.526. The molecule has 2 atom stereocenters. The molecule has 1 fully saturated rings. The molecule has 1 amide bonds. The van der Waals surface area contributed by atoms with Gasteiger partial charge in [-0.3, -0.25) is 9.59 Å². The standard InChI is InChI=1S/C19H25N3O3S/c20-10-4-3-8-15(21-18(24)13-6-5-11-25-12-13)17(23)19-22-14-7-1-2-9-16(14)26-19/h1-2,7,9,13,15H,3-6,8,10-12,20H2,(H,21,24)/t13-,15-/m0/s1. The molecule has 0 saturated carbocycles. The number of fused-ring (bicyclic) bond motifs is 1. The van der Waals surface area contributed by atoms with E-state index >= 15 is 0 Å². The lowest BCUT2D eigenvalue weighted by atomic mass is 9.99. The fourth-order valence-corrected chi connectivity index (χ4v) is 4.09. The number of hydrogen-bond acceptors (Lipinski definition) is 6. The zero-order valence-electron chi connectivity index (χ0n) is 14.8. The zero-order chi connectivity index (χ0) is 18.4. The Hall–Kier alpha value is -1.83. The van der Waals surface area contributed by atoms with E-state index < -0.39 is 6.04 Å². The predicted octanol–water partition coefficient (Wildman–Crippen LogP) is 2.52. The molecule has 3 rings (SSSR count). The smallest absolute Gasteiger partial charge is 0.226 e. The molecule has 3 N–H and O–H groups in total. The molecule has 1 saturated heterocycles. The summed E-state index contributed by atoms with van der Waals surface area (Å²) in [6, 6.07) is 7.12. The van der Waals surface area contributed by atoms with Crippen LogP contribution in [0.5, 0.6) is 0 Å². The maximum absolute atomic E-state index is 13.0. The van der Waals surface area contributed by atoms with Gasteiger partial charge in [0.1, 0.15) is 0 Å². The quantitative estimate of drug-likeness (QED) is 0.546. The van der Waals surface area contributed by atoms with Crippen LogP contribution < -0.4 is 11.1 Å². The van der Waals surface area contributed by atoms with Crippen molar-refractivity contribution in [1.82, 2.24) is 10.3 Å². The normalized spacial score (nSPS) is 18.6. The molecular formula is C19H25N3O3S. The molecule has 1 aliphatic heterocycles. The van der Waals surface area contributed by atoms with E-state index in [9.17, 15) is 9.59 Å². The largest absolute Gasteiger partial charge is 0.381 e. The topological polar surface area (TPSA) is 94.3 Å². The average molecular weight is 375 g/mol. The van der Waals surface area contributed by atoms with E-state index in [-0.39, 0.29) is 17.6 Å². The lowest BCUT2D eigenvalue weighted by molar-refractivity contribution is -0.129. The van der Waals surface area contributed by atoms with Crippen LogP contribution in [0.4, 0.5) is 0 Å². The third-order valence-corrected chi connectivity index (χ3v) is 5.67. The van der Waals surface area contributed by atoms with Gasteiger partial charge >= 0.3 is 0 Å². The number of Topliss-reactive ketones (excluding diaryl/α,β-unsaturated/α-hetero) is 1. The first-order valence-corrected chi connectivity index (χ1v) is 9.98. The number of amides is 1. The Labute approximate surface area is 157 Å². The van der Waals surface area contributed by atoms with Crippen LogP contribution in [0.3, 0.4) is 0 Å². The Morgan fingerprint density at radius 3 is 2.92 bits per heavy atom. The van der Waals surface area contributed by atoms with Crippen LogP contribution in [0.1, 0.15) is 41.9 Å². The minimum atomic E-state index is -0.559. The number of unbranched alkanes of at least 4 members (excludes halogenated alkanes) is 1. The van der Waals surface area contributed by atoms with E-state index in [0.717, 1.165) is 35.9 Å². The number of para-hydroxylation sites is 1. The summed E-state index contributed by atoms with van der Waals surface area (Å²) in [5.41, 5.74) is 6.39. The highest BCUT2D eigenvalue weighted by Gasteiger charge is 2.28. The molecule has 1 aromatic carbocycles. The number of rotatable bonds is 8. The molecule has 0 spiro atoms. The molecule has 1 aliphatic rings. The van der Waals surface area contributed by atoms with E-state index in [1.54, 1.807) is 0 Å². The number of nitrogens with zero attached hydrogens (tertiary/aromatic N) is 1. The van der Waals surface area contributed by atoms with Gasteiger partial charge < -0.3 is 15.8 Å². The van der Waals surface area contributed by atoms with Gasteiger partial charge in [-0.2, -0.15) is 0 Å². The van der Waals surface area contributed by atoms with Gasteiger partial charge in [-0.25, -0.2) is 4.98 Å². The van der Waals surface area contributed by atoms with Crippen LogP contribution in [0.2, 0.25) is 0 Å². The van der Waals surface area contributed by atoms with E-state index in [2.05, 4.69) is 10.3 Å². The second-order valence-electron chi connectivity index (χ2n) is 6.61. The first kappa shape index (κ1) is 18.9. The highest BCUT2D eigenvalue weighted by molar-refractivity contribution is 7.20. The first-order valence-electron chi connectivity index (χ1n) is 9.17. The number of nitrogens with one attached hydrogen (secondary N) is 1. The summed E-state index contributed by atoms with van der Waals surface area (Å²) < 4.78 is 6.37. The number of thiazole rings is 1. The third kappa shape index (κ3) is 4.66. The Morgan fingerprint density at radius 1 is 1.35 bits per heavy atom. The van der Waals surface area contributed by atoms with Crippen molar-refractivity contribution in [2.75, 3.05) is 19.8 Å². The molecule has 0 radical (unpaired) electrons. The second kappa shape index (κ2) is 9.21. The summed E-state index contributed by atoms with van der Waals surface area (Å²) >= 11 is 1.37. The van der Waals surface area contributed by atoms with Crippen LogP contribution in [-0.2, 0) is 9.53 Å². The van der Waals surface area contributed by atoms with Crippen molar-refractivity contribution >= 4 is 33.2 Å². The number of ether oxygens (including phenoxy) is 1. The molecule has 6 nitrogen and oxygen atoms in total. The highest BCUT2D eigenvalue weighted by Crippen LogP contribution is 2.24. The van der Waals surface area contributed by atoms with Crippen molar-refractivity contribution in [1.29, 1.82) is 0 Å². The first-order chi connectivity index (χ1) is 12.7.